The van der Waals surface area contributed by atoms with E-state index in [1.807, 2.05) is 6.20 Å². The number of methoxy groups -OCH3 is 1. The molecule has 0 radical (unpaired) electrons. The van der Waals surface area contributed by atoms with E-state index in [4.69, 9.17) is 4.74 Å². The Labute approximate surface area is 97.8 Å². The number of rotatable bonds is 8. The summed E-state index contributed by atoms with van der Waals surface area (Å²) in [5.74, 6) is 1.82. The van der Waals surface area contributed by atoms with Crippen LogP contribution in [0.3, 0.4) is 0 Å². The van der Waals surface area contributed by atoms with Crippen molar-refractivity contribution in [3.05, 3.63) is 17.7 Å². The third-order valence-electron chi connectivity index (χ3n) is 2.44. The van der Waals surface area contributed by atoms with Crippen LogP contribution in [0.2, 0.25) is 0 Å². The molecule has 1 aromatic heterocycles. The maximum absolute atomic E-state index is 4.96. The first-order valence-corrected chi connectivity index (χ1v) is 5.94. The van der Waals surface area contributed by atoms with Crippen LogP contribution in [-0.4, -0.2) is 30.2 Å². The highest BCUT2D eigenvalue weighted by molar-refractivity contribution is 5.01. The number of nitrogens with one attached hydrogen (secondary N) is 2. The minimum atomic E-state index is 0.730. The zero-order valence-electron chi connectivity index (χ0n) is 10.5. The van der Waals surface area contributed by atoms with Crippen molar-refractivity contribution in [2.45, 2.75) is 33.2 Å². The van der Waals surface area contributed by atoms with Gasteiger partial charge in [0.1, 0.15) is 5.82 Å². The first kappa shape index (κ1) is 13.2. The highest BCUT2D eigenvalue weighted by Crippen LogP contribution is 2.06. The Morgan fingerprint density at radius 1 is 1.50 bits per heavy atom. The molecule has 2 N–H and O–H groups in total. The van der Waals surface area contributed by atoms with Crippen LogP contribution in [0.1, 0.15) is 31.8 Å². The second-order valence-corrected chi connectivity index (χ2v) is 4.46. The highest BCUT2D eigenvalue weighted by atomic mass is 16.5. The van der Waals surface area contributed by atoms with Gasteiger partial charge >= 0.3 is 0 Å². The molecule has 0 amide bonds. The lowest BCUT2D eigenvalue weighted by atomic mass is 10.1. The third kappa shape index (κ3) is 5.28. The normalized spacial score (nSPS) is 11.2. The first-order valence-electron chi connectivity index (χ1n) is 5.94. The van der Waals surface area contributed by atoms with Crippen LogP contribution in [0.25, 0.3) is 0 Å². The topological polar surface area (TPSA) is 49.9 Å². The minimum Gasteiger partial charge on any atom is -0.383 e. The average Bonchev–Trinajstić information content (AvgIpc) is 2.70. The quantitative estimate of drug-likeness (QED) is 0.662. The monoisotopic (exact) mass is 225 g/mol. The van der Waals surface area contributed by atoms with Gasteiger partial charge in [0.15, 0.2) is 0 Å². The van der Waals surface area contributed by atoms with Gasteiger partial charge in [0.05, 0.1) is 6.61 Å². The lowest BCUT2D eigenvalue weighted by molar-refractivity contribution is 0.199. The molecule has 1 heterocycles. The number of H-pyrrole nitrogens is 1. The van der Waals surface area contributed by atoms with E-state index in [9.17, 15) is 0 Å². The van der Waals surface area contributed by atoms with Gasteiger partial charge in [0, 0.05) is 38.5 Å². The summed E-state index contributed by atoms with van der Waals surface area (Å²) >= 11 is 0. The van der Waals surface area contributed by atoms with Gasteiger partial charge in [-0.2, -0.15) is 0 Å². The van der Waals surface area contributed by atoms with Gasteiger partial charge in [-0.25, -0.2) is 4.98 Å². The van der Waals surface area contributed by atoms with Crippen LogP contribution in [0.5, 0.6) is 0 Å². The molecule has 0 fully saturated rings. The van der Waals surface area contributed by atoms with Gasteiger partial charge in [-0.15, -0.1) is 0 Å². The Morgan fingerprint density at radius 2 is 2.31 bits per heavy atom. The number of hydrogen-bond acceptors (Lipinski definition) is 3. The van der Waals surface area contributed by atoms with E-state index in [0.29, 0.717) is 0 Å². The van der Waals surface area contributed by atoms with Crippen LogP contribution in [-0.2, 0) is 17.7 Å². The van der Waals surface area contributed by atoms with E-state index in [2.05, 4.69) is 29.1 Å². The van der Waals surface area contributed by atoms with E-state index >= 15 is 0 Å². The molecule has 0 aliphatic carbocycles. The molecule has 4 heteroatoms. The average molecular weight is 225 g/mol. The predicted octanol–water partition coefficient (Wildman–Crippen LogP) is 1.73. The number of aromatic nitrogens is 2. The summed E-state index contributed by atoms with van der Waals surface area (Å²) in [7, 11) is 1.71. The molecule has 92 valence electrons. The lowest BCUT2D eigenvalue weighted by Gasteiger charge is -2.02. The molecule has 0 saturated heterocycles. The highest BCUT2D eigenvalue weighted by Gasteiger charge is 2.01. The minimum absolute atomic E-state index is 0.730. The van der Waals surface area contributed by atoms with Crippen molar-refractivity contribution >= 4 is 0 Å². The molecule has 1 aromatic rings. The van der Waals surface area contributed by atoms with Gasteiger partial charge in [-0.1, -0.05) is 13.8 Å². The fourth-order valence-electron chi connectivity index (χ4n) is 1.45. The van der Waals surface area contributed by atoms with Gasteiger partial charge in [-0.05, 0) is 12.3 Å². The third-order valence-corrected chi connectivity index (χ3v) is 2.44. The van der Waals surface area contributed by atoms with Crippen molar-refractivity contribution in [3.63, 3.8) is 0 Å². The van der Waals surface area contributed by atoms with E-state index in [-0.39, 0.29) is 0 Å². The Morgan fingerprint density at radius 3 is 3.00 bits per heavy atom. The summed E-state index contributed by atoms with van der Waals surface area (Å²) in [6.45, 7) is 6.91. The smallest absolute Gasteiger partial charge is 0.106 e. The summed E-state index contributed by atoms with van der Waals surface area (Å²) in [6.07, 6.45) is 4.13. The second-order valence-electron chi connectivity index (χ2n) is 4.46. The molecular formula is C12H23N3O. The molecule has 0 saturated carbocycles. The van der Waals surface area contributed by atoms with Crippen molar-refractivity contribution in [3.8, 4) is 0 Å². The van der Waals surface area contributed by atoms with E-state index < -0.39 is 0 Å². The van der Waals surface area contributed by atoms with Crippen molar-refractivity contribution in [1.82, 2.24) is 15.3 Å². The van der Waals surface area contributed by atoms with Gasteiger partial charge < -0.3 is 15.0 Å². The fraction of sp³-hybridized carbons (Fsp3) is 0.750. The largest absolute Gasteiger partial charge is 0.383 e. The van der Waals surface area contributed by atoms with Crippen molar-refractivity contribution < 1.29 is 4.74 Å². The summed E-state index contributed by atoms with van der Waals surface area (Å²) in [5, 5.41) is 3.28. The molecule has 1 rings (SSSR count). The molecule has 4 nitrogen and oxygen atoms in total. The van der Waals surface area contributed by atoms with Crippen molar-refractivity contribution in [2.24, 2.45) is 5.92 Å². The molecule has 0 aliphatic rings. The maximum Gasteiger partial charge on any atom is 0.106 e. The number of hydrogen-bond donors (Lipinski definition) is 2. The molecule has 0 unspecified atom stereocenters. The molecule has 16 heavy (non-hydrogen) atoms. The molecule has 0 bridgehead atoms. The number of aromatic amines is 1. The second kappa shape index (κ2) is 7.41. The van der Waals surface area contributed by atoms with Crippen molar-refractivity contribution in [2.75, 3.05) is 20.3 Å². The number of aryl methyl sites for hydroxylation is 1. The first-order chi connectivity index (χ1) is 7.72. The zero-order valence-corrected chi connectivity index (χ0v) is 10.5. The maximum atomic E-state index is 4.96. The Kier molecular flexibility index (Phi) is 6.11. The lowest BCUT2D eigenvalue weighted by Crippen LogP contribution is -2.18. The molecule has 0 aromatic carbocycles. The van der Waals surface area contributed by atoms with Gasteiger partial charge in [-0.3, -0.25) is 0 Å². The van der Waals surface area contributed by atoms with E-state index in [1.54, 1.807) is 7.11 Å². The molecule has 0 spiro atoms. The van der Waals surface area contributed by atoms with E-state index in [0.717, 1.165) is 43.6 Å². The SMILES string of the molecule is COCCNCc1cnc(CCC(C)C)[nH]1. The zero-order chi connectivity index (χ0) is 11.8. The summed E-state index contributed by atoms with van der Waals surface area (Å²) in [6, 6.07) is 0. The molecular weight excluding hydrogens is 202 g/mol. The number of ether oxygens (including phenoxy) is 1. The predicted molar refractivity (Wildman–Crippen MR) is 65.3 cm³/mol. The van der Waals surface area contributed by atoms with Crippen LogP contribution in [0, 0.1) is 5.92 Å². The van der Waals surface area contributed by atoms with Crippen LogP contribution in [0.4, 0.5) is 0 Å². The van der Waals surface area contributed by atoms with Crippen LogP contribution < -0.4 is 5.32 Å². The van der Waals surface area contributed by atoms with Gasteiger partial charge in [0.2, 0.25) is 0 Å². The number of nitrogens with zero attached hydrogens (tertiary/aromatic N) is 1. The van der Waals surface area contributed by atoms with Crippen molar-refractivity contribution in [1.29, 1.82) is 0 Å². The molecule has 0 atom stereocenters. The standard InChI is InChI=1S/C12H23N3O/c1-10(2)4-5-12-14-9-11(15-12)8-13-6-7-16-3/h9-10,13H,4-8H2,1-3H3,(H,14,15). The van der Waals surface area contributed by atoms with Gasteiger partial charge in [0.25, 0.3) is 0 Å². The van der Waals surface area contributed by atoms with Crippen LogP contribution >= 0.6 is 0 Å². The number of imidazole rings is 1. The molecule has 0 aliphatic heterocycles. The summed E-state index contributed by atoms with van der Waals surface area (Å²) in [4.78, 5) is 7.69. The Hall–Kier alpha value is -0.870. The Balaban J connectivity index is 2.22. The Bertz CT molecular complexity index is 284. The van der Waals surface area contributed by atoms with E-state index in [1.165, 1.54) is 6.42 Å². The fourth-order valence-corrected chi connectivity index (χ4v) is 1.45. The summed E-state index contributed by atoms with van der Waals surface area (Å²) < 4.78 is 4.96. The summed E-state index contributed by atoms with van der Waals surface area (Å²) in [5.41, 5.74) is 1.15. The van der Waals surface area contributed by atoms with Crippen LogP contribution in [0.15, 0.2) is 6.20 Å².